The van der Waals surface area contributed by atoms with Crippen molar-refractivity contribution in [3.8, 4) is 0 Å². The van der Waals surface area contributed by atoms with Crippen LogP contribution in [0.15, 0.2) is 0 Å². The second-order valence-corrected chi connectivity index (χ2v) is 14.4. The summed E-state index contributed by atoms with van der Waals surface area (Å²) in [5.41, 5.74) is -1.58. The largest absolute Gasteiger partial charge is 0.347 e. The predicted octanol–water partition coefficient (Wildman–Crippen LogP) is 2.14. The van der Waals surface area contributed by atoms with Crippen LogP contribution in [0.5, 0.6) is 0 Å². The van der Waals surface area contributed by atoms with Gasteiger partial charge in [0.05, 0.1) is 16.8 Å². The summed E-state index contributed by atoms with van der Waals surface area (Å²) in [5, 5.41) is 10.5. The Balaban J connectivity index is 1.72. The molecule has 1 aliphatic heterocycles. The van der Waals surface area contributed by atoms with Crippen molar-refractivity contribution in [2.75, 3.05) is 6.54 Å². The number of ketones is 1. The highest BCUT2D eigenvalue weighted by Gasteiger charge is 2.45. The number of urea groups is 1. The third-order valence-electron chi connectivity index (χ3n) is 8.76. The lowest BCUT2D eigenvalue weighted by atomic mass is 9.79. The van der Waals surface area contributed by atoms with E-state index in [1.165, 1.54) is 4.90 Å². The zero-order chi connectivity index (χ0) is 31.2. The van der Waals surface area contributed by atoms with Gasteiger partial charge in [0, 0.05) is 12.6 Å². The van der Waals surface area contributed by atoms with Crippen molar-refractivity contribution in [1.29, 1.82) is 0 Å². The number of carbonyl (C=O) groups excluding carboxylic acids is 5. The van der Waals surface area contributed by atoms with Gasteiger partial charge >= 0.3 is 6.03 Å². The zero-order valence-corrected chi connectivity index (χ0v) is 26.4. The zero-order valence-electron chi connectivity index (χ0n) is 25.6. The maximum atomic E-state index is 13.9. The van der Waals surface area contributed by atoms with Gasteiger partial charge in [0.15, 0.2) is 11.1 Å². The van der Waals surface area contributed by atoms with Crippen molar-refractivity contribution < 1.29 is 32.7 Å². The molecular formula is C29H49N5O7S. The third kappa shape index (κ3) is 8.52. The summed E-state index contributed by atoms with van der Waals surface area (Å²) in [7, 11) is 0. The Morgan fingerprint density at radius 3 is 2.19 bits per heavy atom. The lowest BCUT2D eigenvalue weighted by molar-refractivity contribution is -0.143. The highest BCUT2D eigenvalue weighted by Crippen LogP contribution is 2.33. The number of Topliss-reactive ketones (excluding diaryl/α,β-unsaturated/α-hetero) is 1. The first kappa shape index (κ1) is 34.0. The van der Waals surface area contributed by atoms with Crippen molar-refractivity contribution in [2.24, 2.45) is 5.41 Å². The molecule has 1 heterocycles. The Hall–Kier alpha value is -2.54. The average Bonchev–Trinajstić information content (AvgIpc) is 3.60. The van der Waals surface area contributed by atoms with E-state index in [1.807, 2.05) is 27.7 Å². The van der Waals surface area contributed by atoms with Gasteiger partial charge in [-0.2, -0.15) is 0 Å². The van der Waals surface area contributed by atoms with Crippen molar-refractivity contribution in [1.82, 2.24) is 26.2 Å². The van der Waals surface area contributed by atoms with Gasteiger partial charge in [-0.05, 0) is 57.3 Å². The van der Waals surface area contributed by atoms with E-state index >= 15 is 0 Å². The van der Waals surface area contributed by atoms with Crippen LogP contribution < -0.4 is 21.3 Å². The summed E-state index contributed by atoms with van der Waals surface area (Å²) in [4.78, 5) is 67.3. The van der Waals surface area contributed by atoms with Gasteiger partial charge in [0.1, 0.15) is 12.1 Å². The van der Waals surface area contributed by atoms with Crippen molar-refractivity contribution in [3.63, 3.8) is 0 Å². The number of hydrogen-bond donors (Lipinski definition) is 5. The molecule has 1 unspecified atom stereocenters. The van der Waals surface area contributed by atoms with Gasteiger partial charge in [0.25, 0.3) is 5.91 Å². The fourth-order valence-electron chi connectivity index (χ4n) is 5.99. The van der Waals surface area contributed by atoms with Crippen LogP contribution in [0.1, 0.15) is 105 Å². The molecule has 13 heteroatoms. The van der Waals surface area contributed by atoms with E-state index in [2.05, 4.69) is 21.3 Å². The van der Waals surface area contributed by atoms with Crippen LogP contribution in [0.25, 0.3) is 0 Å². The molecule has 0 radical (unpaired) electrons. The molecule has 1 saturated heterocycles. The number of rotatable bonds is 12. The Kier molecular flexibility index (Phi) is 11.6. The fraction of sp³-hybridized carbons (Fsp3) is 0.828. The monoisotopic (exact) mass is 611 g/mol. The highest BCUT2D eigenvalue weighted by atomic mass is 32.2. The minimum atomic E-state index is -2.14. The summed E-state index contributed by atoms with van der Waals surface area (Å²) >= 11 is -2.14. The van der Waals surface area contributed by atoms with Gasteiger partial charge in [-0.15, -0.1) is 0 Å². The summed E-state index contributed by atoms with van der Waals surface area (Å²) in [6, 6.07) is -3.39. The van der Waals surface area contributed by atoms with Crippen LogP contribution >= 0.6 is 0 Å². The average molecular weight is 612 g/mol. The molecule has 3 aliphatic rings. The van der Waals surface area contributed by atoms with E-state index in [0.717, 1.165) is 32.1 Å². The second-order valence-electron chi connectivity index (χ2n) is 13.2. The molecule has 2 aliphatic carbocycles. The first-order chi connectivity index (χ1) is 19.7. The SMILES string of the molecule is CCC[C@H](NC(=O)[C@@H]1CCCN1C(=O)[C@@H](NC(=O)NC1([C@@H](C)S(=O)O)CCCCC1)C(C)(C)C)C(=O)C(=O)NC1CC1. The number of nitrogens with one attached hydrogen (secondary N) is 4. The van der Waals surface area contributed by atoms with E-state index in [4.69, 9.17) is 0 Å². The molecule has 2 saturated carbocycles. The number of likely N-dealkylation sites (tertiary alicyclic amines) is 1. The van der Waals surface area contributed by atoms with E-state index in [9.17, 15) is 32.7 Å². The van der Waals surface area contributed by atoms with Crippen LogP contribution in [0, 0.1) is 5.41 Å². The molecule has 0 bridgehead atoms. The van der Waals surface area contributed by atoms with E-state index in [-0.39, 0.29) is 6.04 Å². The second kappa shape index (κ2) is 14.3. The van der Waals surface area contributed by atoms with Crippen LogP contribution in [0.3, 0.4) is 0 Å². The molecule has 0 spiro atoms. The maximum Gasteiger partial charge on any atom is 0.315 e. The van der Waals surface area contributed by atoms with Gasteiger partial charge < -0.3 is 30.7 Å². The molecule has 12 nitrogen and oxygen atoms in total. The number of hydrogen-bond acceptors (Lipinski definition) is 6. The molecule has 5 N–H and O–H groups in total. The molecule has 238 valence electrons. The van der Waals surface area contributed by atoms with Gasteiger partial charge in [0.2, 0.25) is 17.6 Å². The van der Waals surface area contributed by atoms with Crippen LogP contribution in [-0.4, -0.2) is 84.7 Å². The van der Waals surface area contributed by atoms with Crippen molar-refractivity contribution >= 4 is 40.6 Å². The van der Waals surface area contributed by atoms with Gasteiger partial charge in [-0.1, -0.05) is 53.4 Å². The van der Waals surface area contributed by atoms with E-state index in [1.54, 1.807) is 6.92 Å². The summed E-state index contributed by atoms with van der Waals surface area (Å²) in [6.07, 6.45) is 7.26. The van der Waals surface area contributed by atoms with E-state index in [0.29, 0.717) is 45.1 Å². The molecule has 3 fully saturated rings. The van der Waals surface area contributed by atoms with Crippen molar-refractivity contribution in [2.45, 2.75) is 140 Å². The quantitative estimate of drug-likeness (QED) is 0.166. The minimum absolute atomic E-state index is 0.0170. The van der Waals surface area contributed by atoms with Crippen LogP contribution in [0.2, 0.25) is 0 Å². The highest BCUT2D eigenvalue weighted by molar-refractivity contribution is 7.80. The Bertz CT molecular complexity index is 1050. The fourth-order valence-corrected chi connectivity index (χ4v) is 6.67. The number of carbonyl (C=O) groups is 5. The summed E-state index contributed by atoms with van der Waals surface area (Å²) in [6.45, 7) is 9.27. The lowest BCUT2D eigenvalue weighted by Crippen LogP contribution is -2.64. The normalized spacial score (nSPS) is 23.2. The van der Waals surface area contributed by atoms with Crippen LogP contribution in [0.4, 0.5) is 4.79 Å². The van der Waals surface area contributed by atoms with Gasteiger partial charge in [-0.3, -0.25) is 19.2 Å². The lowest BCUT2D eigenvalue weighted by Gasteiger charge is -2.42. The Labute approximate surface area is 251 Å². The minimum Gasteiger partial charge on any atom is -0.347 e. The predicted molar refractivity (Wildman–Crippen MR) is 159 cm³/mol. The molecule has 5 amide bonds. The van der Waals surface area contributed by atoms with Crippen LogP contribution in [-0.2, 0) is 30.3 Å². The van der Waals surface area contributed by atoms with E-state index < -0.39 is 74.9 Å². The molecule has 0 aromatic heterocycles. The summed E-state index contributed by atoms with van der Waals surface area (Å²) in [5.74, 6) is -2.30. The standard InChI is InChI=1S/C29H49N5O7S/c1-6-11-20(22(35)25(37)30-19-13-14-19)31-24(36)21-12-10-17-34(21)26(38)23(28(3,4)5)32-27(39)33-29(18(2)42(40)41)15-8-7-9-16-29/h18-21,23H,6-17H2,1-5H3,(H,30,37)(H,31,36)(H,40,41)(H2,32,33,39)/t18-,20+,21+,23-/m1/s1. The first-order valence-electron chi connectivity index (χ1n) is 15.3. The maximum absolute atomic E-state index is 13.9. The molecular weight excluding hydrogens is 562 g/mol. The topological polar surface area (TPSA) is 174 Å². The first-order valence-corrected chi connectivity index (χ1v) is 16.5. The molecule has 5 atom stereocenters. The van der Waals surface area contributed by atoms with Crippen molar-refractivity contribution in [3.05, 3.63) is 0 Å². The summed E-state index contributed by atoms with van der Waals surface area (Å²) < 4.78 is 21.8. The number of amides is 5. The Morgan fingerprint density at radius 2 is 1.64 bits per heavy atom. The molecule has 0 aromatic carbocycles. The molecule has 3 rings (SSSR count). The Morgan fingerprint density at radius 1 is 1.00 bits per heavy atom. The molecule has 42 heavy (non-hydrogen) atoms. The molecule has 0 aromatic rings. The number of nitrogens with zero attached hydrogens (tertiary/aromatic N) is 1. The third-order valence-corrected chi connectivity index (χ3v) is 9.82. The smallest absolute Gasteiger partial charge is 0.315 e. The van der Waals surface area contributed by atoms with Gasteiger partial charge in [-0.25, -0.2) is 9.00 Å².